The van der Waals surface area contributed by atoms with E-state index in [0.29, 0.717) is 6.04 Å². The topological polar surface area (TPSA) is 35.1 Å². The summed E-state index contributed by atoms with van der Waals surface area (Å²) in [6.45, 7) is 0.928. The first-order valence-corrected chi connectivity index (χ1v) is 8.55. The molecule has 0 aromatic heterocycles. The highest BCUT2D eigenvalue weighted by Gasteiger charge is 2.22. The summed E-state index contributed by atoms with van der Waals surface area (Å²) in [5.41, 5.74) is 2.69. The van der Waals surface area contributed by atoms with E-state index in [1.54, 1.807) is 14.2 Å². The monoisotopic (exact) mass is 316 g/mol. The van der Waals surface area contributed by atoms with Gasteiger partial charge >= 0.3 is 0 Å². The molecular weight excluding hydrogens is 294 g/mol. The third kappa shape index (κ3) is 3.39. The van der Waals surface area contributed by atoms with Gasteiger partial charge < -0.3 is 14.8 Å². The van der Waals surface area contributed by atoms with E-state index in [2.05, 4.69) is 41.7 Å². The molecule has 1 aliphatic rings. The zero-order valence-electron chi connectivity index (χ0n) is 13.0. The average molecular weight is 316 g/mol. The third-order valence-electron chi connectivity index (χ3n) is 4.05. The molecule has 0 radical (unpaired) electrons. The number of benzene rings is 2. The van der Waals surface area contributed by atoms with Crippen molar-refractivity contribution >= 4 is 11.8 Å². The van der Waals surface area contributed by atoms with Gasteiger partial charge in [-0.25, -0.2) is 0 Å². The largest absolute Gasteiger partial charge is 0.497 e. The summed E-state index contributed by atoms with van der Waals surface area (Å²) in [5, 5.41) is 2.42. The van der Waals surface area contributed by atoms with Gasteiger partial charge in [0, 0.05) is 34.3 Å². The molecule has 2 aromatic rings. The molecule has 0 fully saturated rings. The SMILES string of the molecule is COc1cc(C[NH2+][C@H]2CCSc3ccccc32)cc(OC)c1. The average Bonchev–Trinajstić information content (AvgIpc) is 2.59. The minimum atomic E-state index is 0.537. The van der Waals surface area contributed by atoms with Gasteiger partial charge in [-0.2, -0.15) is 0 Å². The van der Waals surface area contributed by atoms with E-state index in [1.165, 1.54) is 28.2 Å². The van der Waals surface area contributed by atoms with Crippen LogP contribution in [0.1, 0.15) is 23.6 Å². The number of thioether (sulfide) groups is 1. The fourth-order valence-corrected chi connectivity index (χ4v) is 4.03. The van der Waals surface area contributed by atoms with Crippen LogP contribution in [0.3, 0.4) is 0 Å². The molecule has 0 saturated carbocycles. The fraction of sp³-hybridized carbons (Fsp3) is 0.333. The smallest absolute Gasteiger partial charge is 0.123 e. The molecule has 116 valence electrons. The maximum Gasteiger partial charge on any atom is 0.123 e. The van der Waals surface area contributed by atoms with Gasteiger partial charge in [-0.1, -0.05) is 18.2 Å². The molecule has 0 bridgehead atoms. The molecule has 0 aliphatic carbocycles. The quantitative estimate of drug-likeness (QED) is 0.921. The van der Waals surface area contributed by atoms with E-state index in [-0.39, 0.29) is 0 Å². The number of quaternary nitrogens is 1. The lowest BCUT2D eigenvalue weighted by Gasteiger charge is -2.23. The first-order chi connectivity index (χ1) is 10.8. The van der Waals surface area contributed by atoms with Gasteiger partial charge in [-0.05, 0) is 18.2 Å². The molecule has 2 N–H and O–H groups in total. The van der Waals surface area contributed by atoms with Crippen LogP contribution in [0.2, 0.25) is 0 Å². The molecule has 22 heavy (non-hydrogen) atoms. The summed E-state index contributed by atoms with van der Waals surface area (Å²) in [4.78, 5) is 1.43. The number of ether oxygens (including phenoxy) is 2. The van der Waals surface area contributed by atoms with Crippen LogP contribution in [0.5, 0.6) is 11.5 Å². The lowest BCUT2D eigenvalue weighted by molar-refractivity contribution is -0.711. The van der Waals surface area contributed by atoms with Crippen molar-refractivity contribution in [3.05, 3.63) is 53.6 Å². The van der Waals surface area contributed by atoms with Crippen LogP contribution in [-0.4, -0.2) is 20.0 Å². The van der Waals surface area contributed by atoms with Crippen LogP contribution >= 0.6 is 11.8 Å². The second-order valence-corrected chi connectivity index (χ2v) is 6.58. The van der Waals surface area contributed by atoms with Crippen molar-refractivity contribution in [2.24, 2.45) is 0 Å². The number of methoxy groups -OCH3 is 2. The van der Waals surface area contributed by atoms with Crippen LogP contribution in [0.25, 0.3) is 0 Å². The molecule has 0 spiro atoms. The van der Waals surface area contributed by atoms with Crippen LogP contribution < -0.4 is 14.8 Å². The summed E-state index contributed by atoms with van der Waals surface area (Å²) in [5.74, 6) is 2.89. The zero-order valence-corrected chi connectivity index (χ0v) is 13.9. The first-order valence-electron chi connectivity index (χ1n) is 7.57. The van der Waals surface area contributed by atoms with Crippen molar-refractivity contribution < 1.29 is 14.8 Å². The second kappa shape index (κ2) is 7.07. The van der Waals surface area contributed by atoms with Crippen LogP contribution in [0.4, 0.5) is 0 Å². The predicted octanol–water partition coefficient (Wildman–Crippen LogP) is 3.00. The molecule has 1 aliphatic heterocycles. The molecule has 3 rings (SSSR count). The molecule has 4 heteroatoms. The van der Waals surface area contributed by atoms with Gasteiger partial charge in [0.05, 0.1) is 14.2 Å². The van der Waals surface area contributed by atoms with Gasteiger partial charge in [0.15, 0.2) is 0 Å². The minimum absolute atomic E-state index is 0.537. The second-order valence-electron chi connectivity index (χ2n) is 5.44. The molecule has 1 atom stereocenters. The van der Waals surface area contributed by atoms with Gasteiger partial charge in [0.25, 0.3) is 0 Å². The lowest BCUT2D eigenvalue weighted by Crippen LogP contribution is -2.84. The van der Waals surface area contributed by atoms with Crippen molar-refractivity contribution in [2.75, 3.05) is 20.0 Å². The summed E-state index contributed by atoms with van der Waals surface area (Å²) in [6.07, 6.45) is 1.21. The summed E-state index contributed by atoms with van der Waals surface area (Å²) in [6, 6.07) is 15.4. The Morgan fingerprint density at radius 3 is 2.55 bits per heavy atom. The van der Waals surface area contributed by atoms with Crippen LogP contribution in [0.15, 0.2) is 47.4 Å². The Balaban J connectivity index is 1.73. The molecule has 0 saturated heterocycles. The molecular formula is C18H22NO2S+. The number of fused-ring (bicyclic) bond motifs is 1. The van der Waals surface area contributed by atoms with E-state index in [0.717, 1.165) is 18.0 Å². The Morgan fingerprint density at radius 1 is 1.09 bits per heavy atom. The molecule has 0 unspecified atom stereocenters. The summed E-state index contributed by atoms with van der Waals surface area (Å²) < 4.78 is 10.7. The van der Waals surface area contributed by atoms with Crippen molar-refractivity contribution in [3.8, 4) is 11.5 Å². The Hall–Kier alpha value is -1.65. The van der Waals surface area contributed by atoms with Crippen molar-refractivity contribution in [1.29, 1.82) is 0 Å². The van der Waals surface area contributed by atoms with Crippen molar-refractivity contribution in [1.82, 2.24) is 0 Å². The third-order valence-corrected chi connectivity index (χ3v) is 5.18. The highest BCUT2D eigenvalue weighted by Crippen LogP contribution is 2.34. The molecule has 0 amide bonds. The fourth-order valence-electron chi connectivity index (χ4n) is 2.88. The maximum atomic E-state index is 5.35. The minimum Gasteiger partial charge on any atom is -0.497 e. The Morgan fingerprint density at radius 2 is 1.82 bits per heavy atom. The number of nitrogens with two attached hydrogens (primary N) is 1. The van der Waals surface area contributed by atoms with E-state index in [9.17, 15) is 0 Å². The van der Waals surface area contributed by atoms with E-state index in [1.807, 2.05) is 17.8 Å². The molecule has 1 heterocycles. The normalized spacial score (nSPS) is 16.9. The van der Waals surface area contributed by atoms with Crippen LogP contribution in [-0.2, 0) is 6.54 Å². The highest BCUT2D eigenvalue weighted by atomic mass is 32.2. The molecule has 2 aromatic carbocycles. The van der Waals surface area contributed by atoms with Gasteiger partial charge in [-0.3, -0.25) is 0 Å². The summed E-state index contributed by atoms with van der Waals surface area (Å²) in [7, 11) is 3.38. The maximum absolute atomic E-state index is 5.35. The van der Waals surface area contributed by atoms with Crippen LogP contribution in [0, 0.1) is 0 Å². The first kappa shape index (κ1) is 15.3. The predicted molar refractivity (Wildman–Crippen MR) is 89.7 cm³/mol. The summed E-state index contributed by atoms with van der Waals surface area (Å²) >= 11 is 1.97. The van der Waals surface area contributed by atoms with E-state index < -0.39 is 0 Å². The Kier molecular flexibility index (Phi) is 4.90. The van der Waals surface area contributed by atoms with Crippen molar-refractivity contribution in [3.63, 3.8) is 0 Å². The van der Waals surface area contributed by atoms with E-state index >= 15 is 0 Å². The zero-order chi connectivity index (χ0) is 15.4. The number of hydrogen-bond donors (Lipinski definition) is 1. The standard InChI is InChI=1S/C18H21NO2S/c1-20-14-9-13(10-15(11-14)21-2)12-19-17-7-8-22-18-6-4-3-5-16(17)18/h3-6,9-11,17,19H,7-8,12H2,1-2H3/p+1/t17-/m0/s1. The lowest BCUT2D eigenvalue weighted by atomic mass is 10.0. The Bertz CT molecular complexity index is 622. The number of hydrogen-bond acceptors (Lipinski definition) is 3. The Labute approximate surface area is 136 Å². The molecule has 3 nitrogen and oxygen atoms in total. The highest BCUT2D eigenvalue weighted by molar-refractivity contribution is 7.99. The van der Waals surface area contributed by atoms with E-state index in [4.69, 9.17) is 9.47 Å². The number of rotatable bonds is 5. The van der Waals surface area contributed by atoms with Gasteiger partial charge in [0.2, 0.25) is 0 Å². The van der Waals surface area contributed by atoms with Crippen molar-refractivity contribution in [2.45, 2.75) is 23.9 Å². The van der Waals surface area contributed by atoms with Gasteiger partial charge in [-0.15, -0.1) is 11.8 Å². The van der Waals surface area contributed by atoms with Gasteiger partial charge in [0.1, 0.15) is 24.1 Å².